The third kappa shape index (κ3) is 3.68. The van der Waals surface area contributed by atoms with Crippen molar-refractivity contribution in [3.8, 4) is 22.8 Å². The van der Waals surface area contributed by atoms with Gasteiger partial charge in [-0.3, -0.25) is 4.72 Å². The Balaban J connectivity index is 1.60. The van der Waals surface area contributed by atoms with Crippen LogP contribution in [0.3, 0.4) is 0 Å². The second-order valence-corrected chi connectivity index (χ2v) is 13.1. The van der Waals surface area contributed by atoms with Crippen LogP contribution in [0.2, 0.25) is 0 Å². The summed E-state index contributed by atoms with van der Waals surface area (Å²) in [4.78, 5) is -0.460. The van der Waals surface area contributed by atoms with E-state index in [1.807, 2.05) is 12.1 Å². The van der Waals surface area contributed by atoms with E-state index in [0.29, 0.717) is 17.7 Å². The van der Waals surface area contributed by atoms with Crippen molar-refractivity contribution in [1.29, 1.82) is 0 Å². The summed E-state index contributed by atoms with van der Waals surface area (Å²) in [7, 11) is -5.42. The van der Waals surface area contributed by atoms with Crippen molar-refractivity contribution in [3.05, 3.63) is 45.9 Å². The molecule has 0 saturated heterocycles. The molecule has 34 heavy (non-hydrogen) atoms. The summed E-state index contributed by atoms with van der Waals surface area (Å²) >= 11 is 3.49. The Bertz CT molecular complexity index is 1520. The van der Waals surface area contributed by atoms with E-state index in [-0.39, 0.29) is 32.5 Å². The highest BCUT2D eigenvalue weighted by Gasteiger charge is 2.50. The lowest BCUT2D eigenvalue weighted by atomic mass is 9.79. The number of aromatic nitrogens is 1. The van der Waals surface area contributed by atoms with Crippen molar-refractivity contribution in [2.24, 2.45) is 0 Å². The molecular formula is C22H21BrN2O7S2. The molecule has 12 heteroatoms. The highest BCUT2D eigenvalue weighted by atomic mass is 79.9. The van der Waals surface area contributed by atoms with E-state index < -0.39 is 19.9 Å². The molecule has 1 aromatic heterocycles. The van der Waals surface area contributed by atoms with Crippen LogP contribution in [0.1, 0.15) is 24.0 Å². The molecule has 2 aliphatic carbocycles. The molecule has 2 aliphatic rings. The van der Waals surface area contributed by atoms with Crippen molar-refractivity contribution >= 4 is 41.6 Å². The highest BCUT2D eigenvalue weighted by molar-refractivity contribution is 9.10. The van der Waals surface area contributed by atoms with E-state index in [1.165, 1.54) is 19.8 Å². The minimum absolute atomic E-state index is 0.0543. The minimum Gasteiger partial charge on any atom is -0.495 e. The Hall–Kier alpha value is -2.57. The number of sulfonamides is 1. The van der Waals surface area contributed by atoms with Gasteiger partial charge in [0.25, 0.3) is 10.0 Å². The Morgan fingerprint density at radius 3 is 2.26 bits per heavy atom. The van der Waals surface area contributed by atoms with Crippen molar-refractivity contribution < 1.29 is 30.8 Å². The van der Waals surface area contributed by atoms with Gasteiger partial charge < -0.3 is 14.0 Å². The SMILES string of the molecule is COc1cc(S(C)(=O)=O)cc(OC)c1S(=O)(=O)Nc1noc2c1CC1(CC1)c1ccc(Br)cc1-2. The molecule has 0 bridgehead atoms. The first-order valence-electron chi connectivity index (χ1n) is 10.3. The molecule has 9 nitrogen and oxygen atoms in total. The van der Waals surface area contributed by atoms with Crippen molar-refractivity contribution in [2.75, 3.05) is 25.2 Å². The number of hydrogen-bond acceptors (Lipinski definition) is 8. The number of hydrogen-bond donors (Lipinski definition) is 1. The molecular weight excluding hydrogens is 548 g/mol. The van der Waals surface area contributed by atoms with E-state index in [0.717, 1.165) is 41.3 Å². The lowest BCUT2D eigenvalue weighted by Gasteiger charge is -2.24. The lowest BCUT2D eigenvalue weighted by Crippen LogP contribution is -2.20. The number of sulfone groups is 1. The standard InChI is InChI=1S/C22H21BrN2O7S2/c1-30-17-9-13(33(3,26)27)10-18(31-2)20(17)34(28,29)25-21-15-11-22(6-7-22)16-5-4-12(23)8-14(16)19(15)32-24-21/h4-5,8-10H,6-7,11H2,1-3H3,(H,24,25). The zero-order chi connectivity index (χ0) is 24.5. The molecule has 5 rings (SSSR count). The second kappa shape index (κ2) is 7.72. The van der Waals surface area contributed by atoms with Gasteiger partial charge in [-0.15, -0.1) is 0 Å². The van der Waals surface area contributed by atoms with E-state index in [1.54, 1.807) is 0 Å². The largest absolute Gasteiger partial charge is 0.495 e. The summed E-state index contributed by atoms with van der Waals surface area (Å²) in [6.07, 6.45) is 3.60. The third-order valence-corrected chi connectivity index (χ3v) is 9.30. The van der Waals surface area contributed by atoms with Gasteiger partial charge in [-0.1, -0.05) is 27.2 Å². The van der Waals surface area contributed by atoms with Gasteiger partial charge in [0.2, 0.25) is 0 Å². The Kier molecular flexibility index (Phi) is 5.26. The molecule has 0 unspecified atom stereocenters. The van der Waals surface area contributed by atoms with E-state index in [4.69, 9.17) is 14.0 Å². The maximum Gasteiger partial charge on any atom is 0.270 e. The van der Waals surface area contributed by atoms with Gasteiger partial charge >= 0.3 is 0 Å². The molecule has 1 spiro atoms. The fourth-order valence-electron chi connectivity index (χ4n) is 4.48. The lowest BCUT2D eigenvalue weighted by molar-refractivity contribution is 0.371. The van der Waals surface area contributed by atoms with Crippen molar-refractivity contribution in [2.45, 2.75) is 34.5 Å². The topological polar surface area (TPSA) is 125 Å². The summed E-state index contributed by atoms with van der Waals surface area (Å²) in [6, 6.07) is 8.31. The molecule has 1 N–H and O–H groups in total. The molecule has 0 amide bonds. The summed E-state index contributed by atoms with van der Waals surface area (Å²) in [5, 5.41) is 4.04. The predicted molar refractivity (Wildman–Crippen MR) is 128 cm³/mol. The Labute approximate surface area is 205 Å². The van der Waals surface area contributed by atoms with Crippen LogP contribution < -0.4 is 14.2 Å². The average Bonchev–Trinajstić information content (AvgIpc) is 3.44. The second-order valence-electron chi connectivity index (χ2n) is 8.52. The fourth-order valence-corrected chi connectivity index (χ4v) is 6.81. The number of ether oxygens (including phenoxy) is 2. The Morgan fingerprint density at radius 2 is 1.71 bits per heavy atom. The monoisotopic (exact) mass is 568 g/mol. The van der Waals surface area contributed by atoms with Gasteiger partial charge in [0.1, 0.15) is 11.5 Å². The molecule has 3 aromatic rings. The van der Waals surface area contributed by atoms with Gasteiger partial charge in [0.05, 0.1) is 19.1 Å². The molecule has 1 heterocycles. The predicted octanol–water partition coefficient (Wildman–Crippen LogP) is 3.91. The number of anilines is 1. The number of fused-ring (bicyclic) bond motifs is 4. The molecule has 0 radical (unpaired) electrons. The Morgan fingerprint density at radius 1 is 1.06 bits per heavy atom. The average molecular weight is 569 g/mol. The zero-order valence-electron chi connectivity index (χ0n) is 18.5. The summed E-state index contributed by atoms with van der Waals surface area (Å²) in [5.41, 5.74) is 2.69. The normalized spacial score (nSPS) is 16.0. The highest BCUT2D eigenvalue weighted by Crippen LogP contribution is 2.58. The first-order valence-corrected chi connectivity index (χ1v) is 14.4. The van der Waals surface area contributed by atoms with Gasteiger partial charge in [-0.25, -0.2) is 16.8 Å². The summed E-state index contributed by atoms with van der Waals surface area (Å²) in [5.74, 6) is 0.274. The summed E-state index contributed by atoms with van der Waals surface area (Å²) < 4.78 is 70.5. The van der Waals surface area contributed by atoms with Gasteiger partial charge in [-0.05, 0) is 37.0 Å². The van der Waals surface area contributed by atoms with Crippen molar-refractivity contribution in [1.82, 2.24) is 5.16 Å². The molecule has 0 atom stereocenters. The van der Waals surface area contributed by atoms with Gasteiger partial charge in [-0.2, -0.15) is 0 Å². The summed E-state index contributed by atoms with van der Waals surface area (Å²) in [6.45, 7) is 0. The number of methoxy groups -OCH3 is 2. The number of halogens is 1. The van der Waals surface area contributed by atoms with Crippen molar-refractivity contribution in [3.63, 3.8) is 0 Å². The van der Waals surface area contributed by atoms with Crippen LogP contribution in [0.5, 0.6) is 11.5 Å². The number of rotatable bonds is 6. The maximum atomic E-state index is 13.5. The molecule has 1 fully saturated rings. The molecule has 0 aliphatic heterocycles. The molecule has 180 valence electrons. The van der Waals surface area contributed by atoms with Crippen LogP contribution in [0, 0.1) is 0 Å². The smallest absolute Gasteiger partial charge is 0.270 e. The van der Waals surface area contributed by atoms with Crippen LogP contribution in [0.15, 0.2) is 49.1 Å². The van der Waals surface area contributed by atoms with E-state index >= 15 is 0 Å². The molecule has 2 aromatic carbocycles. The van der Waals surface area contributed by atoms with Gasteiger partial charge in [0.15, 0.2) is 26.3 Å². The van der Waals surface area contributed by atoms with Crippen LogP contribution in [0.25, 0.3) is 11.3 Å². The quantitative estimate of drug-likeness (QED) is 0.474. The van der Waals surface area contributed by atoms with Gasteiger partial charge in [0, 0.05) is 39.4 Å². The van der Waals surface area contributed by atoms with Crippen LogP contribution in [-0.4, -0.2) is 42.5 Å². The number of nitrogens with one attached hydrogen (secondary N) is 1. The molecule has 1 saturated carbocycles. The number of nitrogens with zero attached hydrogens (tertiary/aromatic N) is 1. The number of benzene rings is 2. The van der Waals surface area contributed by atoms with Crippen LogP contribution >= 0.6 is 15.9 Å². The maximum absolute atomic E-state index is 13.5. The van der Waals surface area contributed by atoms with E-state index in [9.17, 15) is 16.8 Å². The zero-order valence-corrected chi connectivity index (χ0v) is 21.7. The van der Waals surface area contributed by atoms with E-state index in [2.05, 4.69) is 31.9 Å². The minimum atomic E-state index is -4.29. The van der Waals surface area contributed by atoms with Crippen LogP contribution in [-0.2, 0) is 31.7 Å². The first-order chi connectivity index (χ1) is 16.0. The first kappa shape index (κ1) is 23.2. The fraction of sp³-hybridized carbons (Fsp3) is 0.318. The van der Waals surface area contributed by atoms with Crippen LogP contribution in [0.4, 0.5) is 5.82 Å². The third-order valence-electron chi connectivity index (χ3n) is 6.32.